The number of carbonyl (C=O) groups is 2. The minimum Gasteiger partial charge on any atom is -0.483 e. The first-order chi connectivity index (χ1) is 16.6. The first kappa shape index (κ1) is 24.3. The summed E-state index contributed by atoms with van der Waals surface area (Å²) in [5.41, 5.74) is -0.356. The van der Waals surface area contributed by atoms with Crippen molar-refractivity contribution in [3.05, 3.63) is 29.8 Å². The molecule has 2 amide bonds. The molecule has 5 aliphatic rings. The second kappa shape index (κ2) is 8.92. The predicted molar refractivity (Wildman–Crippen MR) is 114 cm³/mol. The van der Waals surface area contributed by atoms with Gasteiger partial charge in [0, 0.05) is 6.54 Å². The Balaban J connectivity index is 1.44. The maximum atomic E-state index is 14.5. The van der Waals surface area contributed by atoms with Crippen LogP contribution in [0.2, 0.25) is 0 Å². The fraction of sp³-hybridized carbons (Fsp3) is 0.667. The summed E-state index contributed by atoms with van der Waals surface area (Å²) in [4.78, 5) is 27.1. The molecule has 3 fully saturated rings. The number of hydrogen-bond acceptors (Lipinski definition) is 5. The van der Waals surface area contributed by atoms with Crippen molar-refractivity contribution in [2.24, 2.45) is 0 Å². The minimum absolute atomic E-state index is 0.0109. The van der Waals surface area contributed by atoms with E-state index in [2.05, 4.69) is 10.1 Å². The van der Waals surface area contributed by atoms with Crippen LogP contribution >= 0.6 is 0 Å². The maximum absolute atomic E-state index is 14.5. The van der Waals surface area contributed by atoms with Crippen LogP contribution in [0.15, 0.2) is 24.3 Å². The molecule has 1 aromatic carbocycles. The number of ether oxygens (including phenoxy) is 3. The van der Waals surface area contributed by atoms with E-state index in [9.17, 15) is 27.2 Å². The predicted octanol–water partition coefficient (Wildman–Crippen LogP) is 3.23. The number of morpholine rings is 1. The SMILES string of the molecule is O=C1COc2ccccc2C2CCC(CC2)OC[C@@H]2N1CCC[C@@]21CO[C@](F)(C(F)(F)F)C(=O)N1. The number of rotatable bonds is 0. The number of piperidine rings is 1. The zero-order valence-electron chi connectivity index (χ0n) is 19.1. The molecule has 35 heavy (non-hydrogen) atoms. The number of hydrogen-bond donors (Lipinski definition) is 1. The summed E-state index contributed by atoms with van der Waals surface area (Å²) in [6.07, 6.45) is -1.71. The van der Waals surface area contributed by atoms with Gasteiger partial charge in [-0.15, -0.1) is 0 Å². The van der Waals surface area contributed by atoms with Crippen molar-refractivity contribution < 1.29 is 41.4 Å². The van der Waals surface area contributed by atoms with Crippen LogP contribution in [0.3, 0.4) is 0 Å². The van der Waals surface area contributed by atoms with Crippen LogP contribution in [-0.4, -0.2) is 72.8 Å². The second-order valence-electron chi connectivity index (χ2n) is 9.83. The monoisotopic (exact) mass is 500 g/mol. The number of benzene rings is 1. The van der Waals surface area contributed by atoms with Crippen molar-refractivity contribution in [1.82, 2.24) is 10.2 Å². The van der Waals surface area contributed by atoms with E-state index in [-0.39, 0.29) is 37.6 Å². The molecule has 4 aliphatic heterocycles. The van der Waals surface area contributed by atoms with Gasteiger partial charge in [0.2, 0.25) is 0 Å². The molecule has 3 atom stereocenters. The molecule has 1 spiro atoms. The number of nitrogens with one attached hydrogen (secondary N) is 1. The average molecular weight is 500 g/mol. The quantitative estimate of drug-likeness (QED) is 0.554. The van der Waals surface area contributed by atoms with Gasteiger partial charge in [0.15, 0.2) is 6.61 Å². The van der Waals surface area contributed by atoms with E-state index in [1.165, 1.54) is 4.90 Å². The Hall–Kier alpha value is -2.40. The normalized spacial score (nSPS) is 36.2. The number of halogens is 4. The molecule has 2 bridgehead atoms. The van der Waals surface area contributed by atoms with Crippen molar-refractivity contribution in [1.29, 1.82) is 0 Å². The fourth-order valence-corrected chi connectivity index (χ4v) is 5.83. The van der Waals surface area contributed by atoms with Crippen molar-refractivity contribution in [2.75, 3.05) is 26.4 Å². The lowest BCUT2D eigenvalue weighted by Gasteiger charge is -2.53. The van der Waals surface area contributed by atoms with Gasteiger partial charge in [0.1, 0.15) is 5.75 Å². The molecule has 0 aromatic heterocycles. The van der Waals surface area contributed by atoms with Crippen LogP contribution in [0.25, 0.3) is 0 Å². The number of fused-ring (bicyclic) bond motifs is 5. The Morgan fingerprint density at radius 3 is 2.54 bits per heavy atom. The Labute approximate surface area is 200 Å². The summed E-state index contributed by atoms with van der Waals surface area (Å²) < 4.78 is 70.9. The molecular weight excluding hydrogens is 472 g/mol. The smallest absolute Gasteiger partial charge is 0.458 e. The van der Waals surface area contributed by atoms with Crippen LogP contribution in [0, 0.1) is 0 Å². The third-order valence-corrected chi connectivity index (χ3v) is 7.78. The molecule has 11 heteroatoms. The Bertz CT molecular complexity index is 983. The molecule has 1 N–H and O–H groups in total. The molecule has 1 saturated carbocycles. The van der Waals surface area contributed by atoms with Crippen molar-refractivity contribution in [3.8, 4) is 5.75 Å². The molecule has 6 rings (SSSR count). The van der Waals surface area contributed by atoms with Crippen molar-refractivity contribution in [2.45, 2.75) is 74.2 Å². The lowest BCUT2D eigenvalue weighted by molar-refractivity contribution is -0.330. The Morgan fingerprint density at radius 2 is 1.83 bits per heavy atom. The first-order valence-electron chi connectivity index (χ1n) is 12.0. The van der Waals surface area contributed by atoms with Crippen LogP contribution in [-0.2, 0) is 19.1 Å². The molecule has 1 aromatic rings. The lowest BCUT2D eigenvalue weighted by Crippen LogP contribution is -2.76. The number of nitrogens with zero attached hydrogens (tertiary/aromatic N) is 1. The topological polar surface area (TPSA) is 77.1 Å². The Morgan fingerprint density at radius 1 is 1.09 bits per heavy atom. The third-order valence-electron chi connectivity index (χ3n) is 7.78. The van der Waals surface area contributed by atoms with Crippen LogP contribution in [0.4, 0.5) is 17.6 Å². The highest BCUT2D eigenvalue weighted by atomic mass is 19.4. The molecule has 0 radical (unpaired) electrons. The zero-order chi connectivity index (χ0) is 24.8. The van der Waals surface area contributed by atoms with Crippen molar-refractivity contribution >= 4 is 11.8 Å². The molecule has 4 heterocycles. The van der Waals surface area contributed by atoms with Crippen LogP contribution in [0.5, 0.6) is 5.75 Å². The third kappa shape index (κ3) is 4.26. The van der Waals surface area contributed by atoms with Crippen LogP contribution < -0.4 is 10.1 Å². The van der Waals surface area contributed by atoms with E-state index < -0.39 is 36.1 Å². The van der Waals surface area contributed by atoms with Gasteiger partial charge in [0.25, 0.3) is 11.8 Å². The van der Waals surface area contributed by atoms with E-state index >= 15 is 0 Å². The van der Waals surface area contributed by atoms with Gasteiger partial charge in [-0.3, -0.25) is 9.59 Å². The second-order valence-corrected chi connectivity index (χ2v) is 9.83. The molecular formula is C24H28F4N2O5. The fourth-order valence-electron chi connectivity index (χ4n) is 5.83. The lowest BCUT2D eigenvalue weighted by atomic mass is 9.80. The summed E-state index contributed by atoms with van der Waals surface area (Å²) in [5, 5.41) is 2.26. The van der Waals surface area contributed by atoms with Gasteiger partial charge in [-0.2, -0.15) is 17.6 Å². The van der Waals surface area contributed by atoms with Gasteiger partial charge in [-0.05, 0) is 56.1 Å². The molecule has 0 unspecified atom stereocenters. The molecule has 7 nitrogen and oxygen atoms in total. The Kier molecular flexibility index (Phi) is 6.19. The van der Waals surface area contributed by atoms with E-state index in [1.807, 2.05) is 24.3 Å². The summed E-state index contributed by atoms with van der Waals surface area (Å²) >= 11 is 0. The van der Waals surface area contributed by atoms with Crippen LogP contribution in [0.1, 0.15) is 50.0 Å². The molecule has 192 valence electrons. The van der Waals surface area contributed by atoms with E-state index in [0.717, 1.165) is 31.2 Å². The summed E-state index contributed by atoms with van der Waals surface area (Å²) in [6, 6.07) is 6.78. The van der Waals surface area contributed by atoms with E-state index in [4.69, 9.17) is 9.47 Å². The van der Waals surface area contributed by atoms with E-state index in [1.54, 1.807) is 0 Å². The largest absolute Gasteiger partial charge is 0.483 e. The van der Waals surface area contributed by atoms with Gasteiger partial charge < -0.3 is 24.4 Å². The highest BCUT2D eigenvalue weighted by Gasteiger charge is 2.68. The summed E-state index contributed by atoms with van der Waals surface area (Å²) in [6.45, 7) is -0.709. The molecule has 2 saturated heterocycles. The van der Waals surface area contributed by atoms with Gasteiger partial charge >= 0.3 is 12.0 Å². The zero-order valence-corrected chi connectivity index (χ0v) is 19.1. The maximum Gasteiger partial charge on any atom is 0.458 e. The number of carbonyl (C=O) groups excluding carboxylic acids is 2. The average Bonchev–Trinajstić information content (AvgIpc) is 2.85. The highest BCUT2D eigenvalue weighted by molar-refractivity contribution is 5.86. The number of para-hydroxylation sites is 1. The van der Waals surface area contributed by atoms with Gasteiger partial charge in [0.05, 0.1) is 30.9 Å². The summed E-state index contributed by atoms with van der Waals surface area (Å²) in [5.74, 6) is -5.81. The van der Waals surface area contributed by atoms with E-state index in [0.29, 0.717) is 18.7 Å². The van der Waals surface area contributed by atoms with Gasteiger partial charge in [-0.25, -0.2) is 0 Å². The standard InChI is InChI=1S/C24H28F4N2O5/c25-23(24(26,27)28)21(32)29-22(14-35-23)10-3-11-30-19(22)12-33-16-8-6-15(7-9-16)17-4-1-2-5-18(17)34-13-20(30)31/h1-2,4-5,15-16,19H,3,6-14H2,(H,29,32)/t15?,16?,19-,22+,23-/m0/s1. The number of amides is 2. The summed E-state index contributed by atoms with van der Waals surface area (Å²) in [7, 11) is 0. The highest BCUT2D eigenvalue weighted by Crippen LogP contribution is 2.43. The van der Waals surface area contributed by atoms with Crippen molar-refractivity contribution in [3.63, 3.8) is 0 Å². The first-order valence-corrected chi connectivity index (χ1v) is 12.0. The minimum atomic E-state index is -5.52. The molecule has 1 aliphatic carbocycles. The van der Waals surface area contributed by atoms with Gasteiger partial charge in [-0.1, -0.05) is 18.2 Å². The number of alkyl halides is 4.